The van der Waals surface area contributed by atoms with E-state index in [1.165, 1.54) is 218 Å². The fourth-order valence-corrected chi connectivity index (χ4v) is 21.9. The molecule has 0 amide bonds. The van der Waals surface area contributed by atoms with Crippen LogP contribution in [0.5, 0.6) is 0 Å². The number of hydrogen-bond donors (Lipinski definition) is 0. The van der Waals surface area contributed by atoms with Gasteiger partial charge in [0.2, 0.25) is 0 Å². The van der Waals surface area contributed by atoms with Crippen molar-refractivity contribution >= 4 is 107 Å². The van der Waals surface area contributed by atoms with Crippen LogP contribution in [0.3, 0.4) is 0 Å². The lowest BCUT2D eigenvalue weighted by molar-refractivity contribution is 0.660. The van der Waals surface area contributed by atoms with Gasteiger partial charge in [0.1, 0.15) is 22.3 Å². The number of fused-ring (bicyclic) bond motifs is 15. The van der Waals surface area contributed by atoms with Crippen LogP contribution in [0.15, 0.2) is 464 Å². The molecule has 0 unspecified atom stereocenters. The van der Waals surface area contributed by atoms with Crippen LogP contribution in [0.4, 0.5) is 0 Å². The summed E-state index contributed by atoms with van der Waals surface area (Å²) in [6, 6.07) is 162. The Morgan fingerprint density at radius 1 is 0.189 bits per heavy atom. The van der Waals surface area contributed by atoms with Gasteiger partial charge in [0, 0.05) is 72.9 Å². The first-order chi connectivity index (χ1) is 64.8. The lowest BCUT2D eigenvalue weighted by Crippen LogP contribution is -2.14. The Kier molecular flexibility index (Phi) is 22.8. The number of aryl methyl sites for hydroxylation is 5. The summed E-state index contributed by atoms with van der Waals surface area (Å²) in [4.78, 5) is 0. The van der Waals surface area contributed by atoms with Crippen LogP contribution >= 0.6 is 22.7 Å². The summed E-state index contributed by atoms with van der Waals surface area (Å²) in [5.74, 6) is 0. The molecule has 0 aliphatic heterocycles. The van der Waals surface area contributed by atoms with Crippen molar-refractivity contribution < 1.29 is 8.83 Å². The highest BCUT2D eigenvalue weighted by Gasteiger charge is 2.37. The van der Waals surface area contributed by atoms with Gasteiger partial charge in [0.25, 0.3) is 0 Å². The zero-order valence-electron chi connectivity index (χ0n) is 74.9. The molecule has 132 heavy (non-hydrogen) atoms. The summed E-state index contributed by atoms with van der Waals surface area (Å²) in [7, 11) is 0. The fourth-order valence-electron chi connectivity index (χ4n) is 19.5. The van der Waals surface area contributed by atoms with E-state index < -0.39 is 0 Å². The van der Waals surface area contributed by atoms with Crippen molar-refractivity contribution in [2.45, 2.75) is 53.9 Å². The van der Waals surface area contributed by atoms with Gasteiger partial charge in [-0.2, -0.15) is 0 Å². The van der Waals surface area contributed by atoms with Gasteiger partial charge in [-0.05, 0) is 257 Å². The number of benzene rings is 20. The monoisotopic (exact) mass is 1730 g/mol. The minimum atomic E-state index is 0.0346. The van der Waals surface area contributed by atoms with Gasteiger partial charge >= 0.3 is 0 Å². The molecule has 632 valence electrons. The number of rotatable bonds is 10. The molecule has 2 nitrogen and oxygen atoms in total. The predicted molar refractivity (Wildman–Crippen MR) is 568 cm³/mol. The molecule has 0 atom stereocenters. The molecule has 0 fully saturated rings. The van der Waals surface area contributed by atoms with Crippen LogP contribution in [-0.2, 0) is 5.41 Å². The highest BCUT2D eigenvalue weighted by atomic mass is 32.1. The smallest absolute Gasteiger partial charge is 0.143 e. The Hall–Kier alpha value is -15.6. The number of thiophene rings is 2. The Morgan fingerprint density at radius 2 is 0.515 bits per heavy atom. The van der Waals surface area contributed by atoms with E-state index in [1.807, 2.05) is 53.0 Å². The zero-order valence-corrected chi connectivity index (χ0v) is 76.6. The van der Waals surface area contributed by atoms with Crippen molar-refractivity contribution in [1.29, 1.82) is 0 Å². The standard InChI is InChI=1S/C28H24.2C25H18O.2C25H18S/c1-19-16-17-21(20-10-5-4-6-11-20)18-24(19)22-13-9-15-26-27(22)23-12-7-8-14-25(23)28(26,2)3;1-17-14-15-19(18-8-3-2-4-9-18)16-23(17)22-12-7-11-21-20-10-5-6-13-24(20)26-25(21)22;1-17-14-15-19(18-8-3-2-4-9-18)16-22(17)20-11-7-13-24-25(20)21-10-5-6-12-23(21)26-24;1-17-14-15-19(18-8-3-2-4-9-18)16-23(17)22-12-7-11-21-20-10-5-6-13-24(20)26-25(21)22;1-17-14-15-19(18-8-3-2-4-9-18)16-22(17)20-11-7-13-24-25(20)21-10-5-6-12-23(21)26-24/h4-18H,1-3H3;4*2-16H,1H3. The van der Waals surface area contributed by atoms with Crippen molar-refractivity contribution in [1.82, 2.24) is 0 Å². The fraction of sp³-hybridized carbons (Fsp3) is 0.0625. The van der Waals surface area contributed by atoms with Crippen LogP contribution in [0.2, 0.25) is 0 Å². The van der Waals surface area contributed by atoms with Crippen molar-refractivity contribution in [3.05, 3.63) is 494 Å². The average Bonchev–Trinajstić information content (AvgIpc) is 1.57. The topological polar surface area (TPSA) is 26.3 Å². The van der Waals surface area contributed by atoms with E-state index in [1.54, 1.807) is 0 Å². The van der Waals surface area contributed by atoms with Crippen LogP contribution in [0.25, 0.3) is 207 Å². The van der Waals surface area contributed by atoms with E-state index in [4.69, 9.17) is 8.83 Å². The van der Waals surface area contributed by atoms with E-state index in [0.717, 1.165) is 27.9 Å². The summed E-state index contributed by atoms with van der Waals surface area (Å²) in [6.07, 6.45) is 0. The maximum Gasteiger partial charge on any atom is 0.143 e. The molecule has 0 saturated carbocycles. The minimum Gasteiger partial charge on any atom is -0.456 e. The Balaban J connectivity index is 0.0000000995. The molecule has 0 N–H and O–H groups in total. The molecule has 1 aliphatic carbocycles. The molecule has 0 bridgehead atoms. The summed E-state index contributed by atoms with van der Waals surface area (Å²) in [6.45, 7) is 15.6. The highest BCUT2D eigenvalue weighted by molar-refractivity contribution is 7.26. The van der Waals surface area contributed by atoms with Gasteiger partial charge in [0.15, 0.2) is 0 Å². The second kappa shape index (κ2) is 36.2. The quantitative estimate of drug-likeness (QED) is 0.136. The molecule has 0 radical (unpaired) electrons. The van der Waals surface area contributed by atoms with Crippen LogP contribution in [0.1, 0.15) is 52.8 Å². The molecular formula is C128H96O2S2. The number of hydrogen-bond acceptors (Lipinski definition) is 4. The van der Waals surface area contributed by atoms with Gasteiger partial charge in [-0.15, -0.1) is 22.7 Å². The largest absolute Gasteiger partial charge is 0.456 e. The highest BCUT2D eigenvalue weighted by Crippen LogP contribution is 2.54. The molecule has 0 saturated heterocycles. The molecule has 4 heteroatoms. The van der Waals surface area contributed by atoms with Gasteiger partial charge in [0.05, 0.1) is 0 Å². The maximum atomic E-state index is 6.24. The van der Waals surface area contributed by atoms with Crippen LogP contribution in [0, 0.1) is 34.6 Å². The molecule has 1 aliphatic rings. The van der Waals surface area contributed by atoms with Crippen LogP contribution < -0.4 is 0 Å². The molecule has 24 aromatic rings. The average molecular weight is 1730 g/mol. The van der Waals surface area contributed by atoms with E-state index in [2.05, 4.69) is 473 Å². The third-order valence-corrected chi connectivity index (χ3v) is 28.8. The first-order valence-electron chi connectivity index (χ1n) is 45.5. The van der Waals surface area contributed by atoms with E-state index in [-0.39, 0.29) is 5.41 Å². The SMILES string of the molecule is Cc1ccc(-c2ccccc2)cc1-c1cccc2c1-c1ccccc1C2(C)C.Cc1ccc(-c2ccccc2)cc1-c1cccc2c1oc1ccccc12.Cc1ccc(-c2ccccc2)cc1-c1cccc2c1sc1ccccc12.Cc1ccc(-c2ccccc2)cc1-c1cccc2oc3ccccc3c12.Cc1ccc(-c2ccccc2)cc1-c1cccc2sc3ccccc3c12. The summed E-state index contributed by atoms with van der Waals surface area (Å²) in [5.41, 5.74) is 41.2. The van der Waals surface area contributed by atoms with Gasteiger partial charge < -0.3 is 8.83 Å². The molecule has 25 rings (SSSR count). The molecular weight excluding hydrogens is 1630 g/mol. The van der Waals surface area contributed by atoms with E-state index in [0.29, 0.717) is 0 Å². The number of furan rings is 2. The second-order valence-corrected chi connectivity index (χ2v) is 37.1. The molecule has 0 spiro atoms. The van der Waals surface area contributed by atoms with E-state index >= 15 is 0 Å². The number of para-hydroxylation sites is 3. The minimum absolute atomic E-state index is 0.0346. The zero-order chi connectivity index (χ0) is 89.3. The Bertz CT molecular complexity index is 7980. The molecule has 4 aromatic heterocycles. The normalized spacial score (nSPS) is 11.8. The van der Waals surface area contributed by atoms with Gasteiger partial charge in [-0.1, -0.05) is 402 Å². The molecule has 4 heterocycles. The predicted octanol–water partition coefficient (Wildman–Crippen LogP) is 37.5. The summed E-state index contributed by atoms with van der Waals surface area (Å²) < 4.78 is 17.7. The van der Waals surface area contributed by atoms with Crippen LogP contribution in [-0.4, -0.2) is 0 Å². The van der Waals surface area contributed by atoms with Crippen molar-refractivity contribution in [2.24, 2.45) is 0 Å². The Morgan fingerprint density at radius 3 is 1.04 bits per heavy atom. The Labute approximate surface area is 780 Å². The third kappa shape index (κ3) is 16.1. The van der Waals surface area contributed by atoms with Crippen molar-refractivity contribution in [3.63, 3.8) is 0 Å². The van der Waals surface area contributed by atoms with Gasteiger partial charge in [-0.25, -0.2) is 0 Å². The lowest BCUT2D eigenvalue weighted by Gasteiger charge is -2.21. The third-order valence-electron chi connectivity index (χ3n) is 26.4. The van der Waals surface area contributed by atoms with Crippen molar-refractivity contribution in [2.75, 3.05) is 0 Å². The summed E-state index contributed by atoms with van der Waals surface area (Å²) >= 11 is 3.77. The molecule has 20 aromatic carbocycles. The maximum absolute atomic E-state index is 6.24. The summed E-state index contributed by atoms with van der Waals surface area (Å²) in [5, 5.41) is 10.1. The second-order valence-electron chi connectivity index (χ2n) is 35.0. The van der Waals surface area contributed by atoms with E-state index in [9.17, 15) is 0 Å². The van der Waals surface area contributed by atoms with Gasteiger partial charge in [-0.3, -0.25) is 0 Å². The first-order valence-corrected chi connectivity index (χ1v) is 47.1. The first kappa shape index (κ1) is 83.4. The van der Waals surface area contributed by atoms with Crippen molar-refractivity contribution in [3.8, 4) is 122 Å². The lowest BCUT2D eigenvalue weighted by atomic mass is 9.81.